The first-order valence-corrected chi connectivity index (χ1v) is 8.44. The topological polar surface area (TPSA) is 59.9 Å². The Kier molecular flexibility index (Phi) is 5.55. The highest BCUT2D eigenvalue weighted by molar-refractivity contribution is 5.56. The molecule has 3 aromatic carbocycles. The van der Waals surface area contributed by atoms with E-state index in [2.05, 4.69) is 10.5 Å². The van der Waals surface area contributed by atoms with Crippen molar-refractivity contribution >= 4 is 6.08 Å². The molecule has 136 valence electrons. The molecule has 0 fully saturated rings. The maximum absolute atomic E-state index is 11.0. The Morgan fingerprint density at radius 3 is 1.93 bits per heavy atom. The fourth-order valence-electron chi connectivity index (χ4n) is 3.26. The van der Waals surface area contributed by atoms with Gasteiger partial charge in [-0.1, -0.05) is 65.8 Å². The molecule has 0 bridgehead atoms. The van der Waals surface area contributed by atoms with Crippen LogP contribution in [-0.4, -0.2) is 20.3 Å². The van der Waals surface area contributed by atoms with E-state index in [1.54, 1.807) is 20.3 Å². The highest BCUT2D eigenvalue weighted by atomic mass is 16.5. The Balaban J connectivity index is 2.41. The molecule has 0 saturated heterocycles. The van der Waals surface area contributed by atoms with Gasteiger partial charge in [0.05, 0.1) is 14.2 Å². The maximum Gasteiger partial charge on any atom is 0.258 e. The Bertz CT molecular complexity index is 897. The van der Waals surface area contributed by atoms with Gasteiger partial charge in [-0.05, 0) is 29.3 Å². The van der Waals surface area contributed by atoms with Gasteiger partial charge < -0.3 is 9.47 Å². The largest absolute Gasteiger partial charge is 0.497 e. The van der Waals surface area contributed by atoms with Crippen LogP contribution >= 0.6 is 0 Å². The second kappa shape index (κ2) is 8.21. The Morgan fingerprint density at radius 1 is 0.852 bits per heavy atom. The number of rotatable bonds is 7. The van der Waals surface area contributed by atoms with Crippen LogP contribution in [0.3, 0.4) is 0 Å². The van der Waals surface area contributed by atoms with E-state index in [0.29, 0.717) is 11.5 Å². The van der Waals surface area contributed by atoms with E-state index in [1.165, 1.54) is 0 Å². The highest BCUT2D eigenvalue weighted by Crippen LogP contribution is 2.42. The summed E-state index contributed by atoms with van der Waals surface area (Å²) >= 11 is 0. The van der Waals surface area contributed by atoms with Crippen molar-refractivity contribution in [3.05, 3.63) is 95.6 Å². The average molecular weight is 360 g/mol. The van der Waals surface area contributed by atoms with Crippen LogP contribution in [0.1, 0.15) is 16.7 Å². The van der Waals surface area contributed by atoms with E-state index in [-0.39, 0.29) is 0 Å². The van der Waals surface area contributed by atoms with Gasteiger partial charge >= 0.3 is 0 Å². The summed E-state index contributed by atoms with van der Waals surface area (Å²) in [6.45, 7) is 0. The van der Waals surface area contributed by atoms with Gasteiger partial charge in [-0.25, -0.2) is 4.79 Å². The highest BCUT2D eigenvalue weighted by Gasteiger charge is 2.39. The van der Waals surface area contributed by atoms with Crippen molar-refractivity contribution in [2.45, 2.75) is 5.54 Å². The number of benzene rings is 3. The van der Waals surface area contributed by atoms with Gasteiger partial charge in [0.15, 0.2) is 0 Å². The molecular weight excluding hydrogens is 340 g/mol. The fourth-order valence-corrected chi connectivity index (χ4v) is 3.26. The van der Waals surface area contributed by atoms with Gasteiger partial charge in [0.1, 0.15) is 17.0 Å². The fraction of sp³-hybridized carbons (Fsp3) is 0.136. The molecule has 0 aromatic heterocycles. The lowest BCUT2D eigenvalue weighted by molar-refractivity contribution is 0.380. The normalized spacial score (nSPS) is 10.6. The number of methoxy groups -OCH3 is 2. The van der Waals surface area contributed by atoms with Crippen molar-refractivity contribution in [2.75, 3.05) is 14.2 Å². The van der Waals surface area contributed by atoms with E-state index in [1.807, 2.05) is 78.9 Å². The summed E-state index contributed by atoms with van der Waals surface area (Å²) in [5.41, 5.74) is 4.60. The number of nitrogens with one attached hydrogen (secondary N) is 1. The quantitative estimate of drug-likeness (QED) is 0.301. The van der Waals surface area contributed by atoms with Crippen LogP contribution in [0, 0.1) is 0 Å². The minimum atomic E-state index is -0.972. The van der Waals surface area contributed by atoms with Crippen molar-refractivity contribution in [3.8, 4) is 11.5 Å². The minimum absolute atomic E-state index is 0.636. The Morgan fingerprint density at radius 2 is 1.44 bits per heavy atom. The second-order valence-corrected chi connectivity index (χ2v) is 5.86. The zero-order valence-electron chi connectivity index (χ0n) is 15.2. The number of isocyanates is 1. The third-order valence-corrected chi connectivity index (χ3v) is 4.49. The van der Waals surface area contributed by atoms with Crippen molar-refractivity contribution in [3.63, 3.8) is 0 Å². The summed E-state index contributed by atoms with van der Waals surface area (Å²) in [7, 11) is 3.21. The molecule has 0 unspecified atom stereocenters. The minimum Gasteiger partial charge on any atom is -0.497 e. The monoisotopic (exact) mass is 360 g/mol. The lowest BCUT2D eigenvalue weighted by atomic mass is 9.77. The number of ether oxygens (including phenoxy) is 2. The summed E-state index contributed by atoms with van der Waals surface area (Å²) < 4.78 is 11.1. The Hall–Kier alpha value is -3.56. The zero-order valence-corrected chi connectivity index (χ0v) is 15.2. The van der Waals surface area contributed by atoms with Crippen LogP contribution in [0.15, 0.2) is 84.0 Å². The number of hydrazone groups is 1. The molecule has 0 atom stereocenters. The zero-order chi connectivity index (χ0) is 19.1. The molecule has 0 heterocycles. The smallest absolute Gasteiger partial charge is 0.258 e. The lowest BCUT2D eigenvalue weighted by Crippen LogP contribution is -2.42. The van der Waals surface area contributed by atoms with E-state index in [4.69, 9.17) is 9.47 Å². The molecule has 0 saturated carbocycles. The number of hydrogen-bond donors (Lipinski definition) is 1. The molecule has 0 spiro atoms. The predicted molar refractivity (Wildman–Crippen MR) is 104 cm³/mol. The number of carbonyl (C=O) groups excluding carboxylic acids is 1. The van der Waals surface area contributed by atoms with Crippen molar-refractivity contribution in [2.24, 2.45) is 5.10 Å². The first-order valence-electron chi connectivity index (χ1n) is 8.44. The van der Waals surface area contributed by atoms with Crippen LogP contribution in [-0.2, 0) is 10.3 Å². The molecule has 0 radical (unpaired) electrons. The van der Waals surface area contributed by atoms with Gasteiger partial charge in [0.25, 0.3) is 6.08 Å². The van der Waals surface area contributed by atoms with E-state index in [9.17, 15) is 4.79 Å². The molecule has 1 N–H and O–H groups in total. The molecule has 5 heteroatoms. The van der Waals surface area contributed by atoms with Crippen LogP contribution in [0.4, 0.5) is 0 Å². The van der Waals surface area contributed by atoms with Crippen LogP contribution in [0.2, 0.25) is 0 Å². The number of nitrogens with zero attached hydrogens (tertiary/aromatic N) is 1. The first-order chi connectivity index (χ1) is 13.3. The summed E-state index contributed by atoms with van der Waals surface area (Å²) in [5, 5.41) is 3.75. The molecule has 3 aromatic rings. The van der Waals surface area contributed by atoms with Gasteiger partial charge in [-0.2, -0.15) is 0 Å². The molecule has 0 aliphatic heterocycles. The molecular formula is C22H20N2O3. The summed E-state index contributed by atoms with van der Waals surface area (Å²) in [6, 6.07) is 25.0. The van der Waals surface area contributed by atoms with Gasteiger partial charge in [0.2, 0.25) is 0 Å². The third-order valence-electron chi connectivity index (χ3n) is 4.49. The summed E-state index contributed by atoms with van der Waals surface area (Å²) in [6.07, 6.45) is 1.59. The molecule has 0 amide bonds. The third kappa shape index (κ3) is 3.41. The van der Waals surface area contributed by atoms with Gasteiger partial charge in [-0.15, -0.1) is 0 Å². The summed E-state index contributed by atoms with van der Waals surface area (Å²) in [5.74, 6) is 1.30. The van der Waals surface area contributed by atoms with Gasteiger partial charge in [0, 0.05) is 5.56 Å². The van der Waals surface area contributed by atoms with E-state index >= 15 is 0 Å². The van der Waals surface area contributed by atoms with Crippen molar-refractivity contribution < 1.29 is 14.3 Å². The molecule has 3 rings (SSSR count). The molecule has 5 nitrogen and oxygen atoms in total. The maximum atomic E-state index is 11.0. The lowest BCUT2D eigenvalue weighted by Gasteiger charge is -2.35. The number of hydrogen-bond acceptors (Lipinski definition) is 5. The average Bonchev–Trinajstić information content (AvgIpc) is 2.75. The van der Waals surface area contributed by atoms with Gasteiger partial charge in [-0.3, -0.25) is 5.43 Å². The molecule has 27 heavy (non-hydrogen) atoms. The first kappa shape index (κ1) is 18.2. The van der Waals surface area contributed by atoms with Crippen LogP contribution in [0.5, 0.6) is 11.5 Å². The molecule has 0 aliphatic carbocycles. The van der Waals surface area contributed by atoms with E-state index in [0.717, 1.165) is 16.7 Å². The van der Waals surface area contributed by atoms with Crippen molar-refractivity contribution in [1.29, 1.82) is 0 Å². The Labute approximate surface area is 158 Å². The molecule has 0 aliphatic rings. The predicted octanol–water partition coefficient (Wildman–Crippen LogP) is 3.84. The SMILES string of the molecule is COc1ccc(OC)c(C(NN=C=O)(c2ccccc2)c2ccccc2)c1. The van der Waals surface area contributed by atoms with Crippen LogP contribution < -0.4 is 14.9 Å². The second-order valence-electron chi connectivity index (χ2n) is 5.86. The standard InChI is InChI=1S/C22H20N2O3/c1-26-19-13-14-21(27-2)20(15-19)22(24-23-16-25,17-9-5-3-6-10-17)18-11-7-4-8-12-18/h3-15,24H,1-2H3. The van der Waals surface area contributed by atoms with Crippen molar-refractivity contribution in [1.82, 2.24) is 5.43 Å². The summed E-state index contributed by atoms with van der Waals surface area (Å²) in [4.78, 5) is 11.0. The van der Waals surface area contributed by atoms with Crippen LogP contribution in [0.25, 0.3) is 0 Å². The van der Waals surface area contributed by atoms with E-state index < -0.39 is 5.54 Å².